The van der Waals surface area contributed by atoms with E-state index in [0.717, 1.165) is 26.9 Å². The highest BCUT2D eigenvalue weighted by Crippen LogP contribution is 2.34. The first-order valence-electron chi connectivity index (χ1n) is 10.1. The summed E-state index contributed by atoms with van der Waals surface area (Å²) in [5, 5.41) is 20.8. The predicted molar refractivity (Wildman–Crippen MR) is 119 cm³/mol. The lowest BCUT2D eigenvalue weighted by atomic mass is 9.97. The molecule has 0 bridgehead atoms. The monoisotopic (exact) mass is 457 g/mol. The van der Waals surface area contributed by atoms with E-state index in [1.165, 1.54) is 15.6 Å². The molecule has 7 nitrogen and oxygen atoms in total. The number of hydrogen-bond donors (Lipinski definition) is 2. The number of thiazole rings is 1. The fraction of sp³-hybridized carbons (Fsp3) is 0.318. The van der Waals surface area contributed by atoms with Gasteiger partial charge in [-0.1, -0.05) is 30.3 Å². The second kappa shape index (κ2) is 8.09. The number of fused-ring (bicyclic) bond motifs is 1. The van der Waals surface area contributed by atoms with E-state index in [4.69, 9.17) is 0 Å². The van der Waals surface area contributed by atoms with Gasteiger partial charge in [0.1, 0.15) is 6.23 Å². The first kappa shape index (κ1) is 20.7. The standard InChI is InChI=1S/C22H23N3O4S2/c26-13-19(15-4-2-1-3-5-15)22(27)24-9-16-11-25(12-17(16)10-24)31(28,29)18-6-7-20-21(8-18)30-14-23-20/h1-8,14,19,22,26-27H,9-13H2. The molecule has 2 aliphatic rings. The summed E-state index contributed by atoms with van der Waals surface area (Å²) in [6, 6.07) is 14.5. The summed E-state index contributed by atoms with van der Waals surface area (Å²) in [6.07, 6.45) is -0.836. The molecule has 31 heavy (non-hydrogen) atoms. The molecule has 9 heteroatoms. The Morgan fingerprint density at radius 1 is 1.03 bits per heavy atom. The Morgan fingerprint density at radius 2 is 1.74 bits per heavy atom. The Kier molecular flexibility index (Phi) is 5.41. The predicted octanol–water partition coefficient (Wildman–Crippen LogP) is 2.01. The van der Waals surface area contributed by atoms with Crippen molar-refractivity contribution in [3.05, 3.63) is 70.8 Å². The van der Waals surface area contributed by atoms with Gasteiger partial charge in [0.2, 0.25) is 10.0 Å². The van der Waals surface area contributed by atoms with Gasteiger partial charge in [-0.3, -0.25) is 4.90 Å². The van der Waals surface area contributed by atoms with Gasteiger partial charge >= 0.3 is 0 Å². The Morgan fingerprint density at radius 3 is 2.42 bits per heavy atom. The molecule has 2 unspecified atom stereocenters. The minimum atomic E-state index is -3.60. The van der Waals surface area contributed by atoms with E-state index in [-0.39, 0.29) is 11.5 Å². The van der Waals surface area contributed by atoms with Crippen molar-refractivity contribution in [2.45, 2.75) is 17.0 Å². The highest BCUT2D eigenvalue weighted by molar-refractivity contribution is 7.89. The third kappa shape index (κ3) is 3.71. The minimum Gasteiger partial charge on any atom is -0.396 e. The molecule has 0 radical (unpaired) electrons. The number of rotatable bonds is 6. The first-order valence-corrected chi connectivity index (χ1v) is 12.4. The molecule has 2 N–H and O–H groups in total. The second-order valence-electron chi connectivity index (χ2n) is 7.98. The van der Waals surface area contributed by atoms with Crippen molar-refractivity contribution in [1.29, 1.82) is 0 Å². The number of aromatic nitrogens is 1. The van der Waals surface area contributed by atoms with E-state index in [0.29, 0.717) is 26.2 Å². The fourth-order valence-electron chi connectivity index (χ4n) is 4.40. The van der Waals surface area contributed by atoms with Crippen molar-refractivity contribution in [3.63, 3.8) is 0 Å². The van der Waals surface area contributed by atoms with Crippen LogP contribution in [0.2, 0.25) is 0 Å². The lowest BCUT2D eigenvalue weighted by Crippen LogP contribution is -2.42. The summed E-state index contributed by atoms with van der Waals surface area (Å²) in [6.45, 7) is 1.50. The van der Waals surface area contributed by atoms with Crippen LogP contribution in [0.1, 0.15) is 11.5 Å². The molecule has 3 heterocycles. The van der Waals surface area contributed by atoms with Crippen molar-refractivity contribution in [2.75, 3.05) is 32.8 Å². The SMILES string of the molecule is O=S(=O)(c1ccc2ncsc2c1)N1CC2=C(CN(C(O)C(CO)c3ccccc3)C2)C1. The summed E-state index contributed by atoms with van der Waals surface area (Å²) < 4.78 is 28.7. The van der Waals surface area contributed by atoms with Gasteiger partial charge in [0.05, 0.1) is 27.2 Å². The maximum absolute atomic E-state index is 13.2. The summed E-state index contributed by atoms with van der Waals surface area (Å²) in [4.78, 5) is 6.40. The molecule has 0 spiro atoms. The molecular weight excluding hydrogens is 434 g/mol. The zero-order valence-electron chi connectivity index (χ0n) is 16.8. The van der Waals surface area contributed by atoms with E-state index < -0.39 is 22.2 Å². The number of aliphatic hydroxyl groups is 2. The van der Waals surface area contributed by atoms with Crippen LogP contribution < -0.4 is 0 Å². The van der Waals surface area contributed by atoms with Gasteiger partial charge in [0, 0.05) is 32.1 Å². The molecule has 2 aliphatic heterocycles. The number of hydrogen-bond acceptors (Lipinski definition) is 7. The largest absolute Gasteiger partial charge is 0.396 e. The van der Waals surface area contributed by atoms with Gasteiger partial charge in [0.25, 0.3) is 0 Å². The van der Waals surface area contributed by atoms with Crippen LogP contribution in [0.25, 0.3) is 10.2 Å². The summed E-state index contributed by atoms with van der Waals surface area (Å²) in [7, 11) is -3.60. The highest BCUT2D eigenvalue weighted by Gasteiger charge is 2.39. The van der Waals surface area contributed by atoms with Crippen LogP contribution in [-0.2, 0) is 10.0 Å². The van der Waals surface area contributed by atoms with Crippen molar-refractivity contribution < 1.29 is 18.6 Å². The van der Waals surface area contributed by atoms with Gasteiger partial charge in [-0.15, -0.1) is 11.3 Å². The van der Waals surface area contributed by atoms with Crippen LogP contribution >= 0.6 is 11.3 Å². The third-order valence-corrected chi connectivity index (χ3v) is 8.70. The molecule has 0 saturated heterocycles. The number of benzene rings is 2. The van der Waals surface area contributed by atoms with Crippen LogP contribution in [-0.4, -0.2) is 71.8 Å². The lowest BCUT2D eigenvalue weighted by molar-refractivity contribution is -0.0156. The average Bonchev–Trinajstić information content (AvgIpc) is 3.49. The van der Waals surface area contributed by atoms with E-state index in [1.807, 2.05) is 35.2 Å². The van der Waals surface area contributed by atoms with Crippen molar-refractivity contribution in [3.8, 4) is 0 Å². The van der Waals surface area contributed by atoms with Crippen molar-refractivity contribution in [2.24, 2.45) is 0 Å². The topological polar surface area (TPSA) is 94.0 Å². The molecule has 0 amide bonds. The number of nitrogens with zero attached hydrogens (tertiary/aromatic N) is 3. The lowest BCUT2D eigenvalue weighted by Gasteiger charge is -2.31. The molecule has 2 atom stereocenters. The maximum atomic E-state index is 13.2. The molecule has 2 aromatic carbocycles. The normalized spacial score (nSPS) is 19.8. The van der Waals surface area contributed by atoms with E-state index in [9.17, 15) is 18.6 Å². The smallest absolute Gasteiger partial charge is 0.243 e. The number of aliphatic hydroxyl groups excluding tert-OH is 2. The maximum Gasteiger partial charge on any atom is 0.243 e. The molecule has 3 aromatic rings. The average molecular weight is 458 g/mol. The van der Waals surface area contributed by atoms with Crippen LogP contribution in [0.15, 0.2) is 70.1 Å². The quantitative estimate of drug-likeness (QED) is 0.550. The molecule has 0 saturated carbocycles. The molecule has 1 aromatic heterocycles. The van der Waals surface area contributed by atoms with Gasteiger partial charge < -0.3 is 10.2 Å². The van der Waals surface area contributed by atoms with Gasteiger partial charge in [0.15, 0.2) is 0 Å². The highest BCUT2D eigenvalue weighted by atomic mass is 32.2. The Labute approximate surface area is 184 Å². The molecular formula is C22H23N3O4S2. The molecule has 0 aliphatic carbocycles. The van der Waals surface area contributed by atoms with Crippen LogP contribution in [0, 0.1) is 0 Å². The Balaban J connectivity index is 1.28. The minimum absolute atomic E-state index is 0.160. The van der Waals surface area contributed by atoms with Crippen LogP contribution in [0.3, 0.4) is 0 Å². The summed E-state index contributed by atoms with van der Waals surface area (Å²) >= 11 is 1.42. The Bertz CT molecular complexity index is 1220. The zero-order valence-corrected chi connectivity index (χ0v) is 18.4. The zero-order chi connectivity index (χ0) is 21.6. The summed E-state index contributed by atoms with van der Waals surface area (Å²) in [5.41, 5.74) is 5.46. The second-order valence-corrected chi connectivity index (χ2v) is 10.8. The Hall–Kier alpha value is -2.14. The van der Waals surface area contributed by atoms with E-state index in [2.05, 4.69) is 4.98 Å². The van der Waals surface area contributed by atoms with Gasteiger partial charge in [-0.05, 0) is 34.9 Å². The van der Waals surface area contributed by atoms with Crippen LogP contribution in [0.5, 0.6) is 0 Å². The fourth-order valence-corrected chi connectivity index (χ4v) is 6.65. The van der Waals surface area contributed by atoms with Crippen molar-refractivity contribution >= 4 is 31.6 Å². The first-order chi connectivity index (χ1) is 15.0. The third-order valence-electron chi connectivity index (χ3n) is 6.12. The molecule has 5 rings (SSSR count). The van der Waals surface area contributed by atoms with E-state index in [1.54, 1.807) is 23.7 Å². The van der Waals surface area contributed by atoms with Crippen LogP contribution in [0.4, 0.5) is 0 Å². The molecule has 162 valence electrons. The molecule has 0 fully saturated rings. The van der Waals surface area contributed by atoms with Gasteiger partial charge in [-0.2, -0.15) is 4.31 Å². The van der Waals surface area contributed by atoms with E-state index >= 15 is 0 Å². The van der Waals surface area contributed by atoms with Gasteiger partial charge in [-0.25, -0.2) is 13.4 Å². The summed E-state index contributed by atoms with van der Waals surface area (Å²) in [5.74, 6) is -0.410. The number of sulfonamides is 1. The van der Waals surface area contributed by atoms with Crippen molar-refractivity contribution in [1.82, 2.24) is 14.2 Å².